The van der Waals surface area contributed by atoms with Crippen molar-refractivity contribution in [3.05, 3.63) is 40.8 Å². The summed E-state index contributed by atoms with van der Waals surface area (Å²) in [5, 5.41) is 3.33. The van der Waals surface area contributed by atoms with Crippen LogP contribution in [0.3, 0.4) is 0 Å². The lowest BCUT2D eigenvalue weighted by atomic mass is 10.4. The summed E-state index contributed by atoms with van der Waals surface area (Å²) in [6, 6.07) is 5.55. The number of aromatic amines is 1. The van der Waals surface area contributed by atoms with Gasteiger partial charge in [0, 0.05) is 35.1 Å². The molecule has 0 aromatic carbocycles. The molecule has 2 aromatic rings. The summed E-state index contributed by atoms with van der Waals surface area (Å²) >= 11 is 3.26. The Balaban J connectivity index is 1.69. The summed E-state index contributed by atoms with van der Waals surface area (Å²) in [7, 11) is -3.62. The van der Waals surface area contributed by atoms with Crippen molar-refractivity contribution in [2.24, 2.45) is 0 Å². The minimum absolute atomic E-state index is 0.208. The Morgan fingerprint density at radius 3 is 2.86 bits per heavy atom. The molecule has 2 aromatic heterocycles. The number of rotatable bonds is 6. The van der Waals surface area contributed by atoms with Crippen LogP contribution in [0.25, 0.3) is 0 Å². The molecule has 3 N–H and O–H groups in total. The SMILES string of the molecule is O=S(=O)(Nc1ccc(Br)cn1)c1c[nH]c(CNC2CC2)c1. The Hall–Kier alpha value is -1.38. The van der Waals surface area contributed by atoms with Crippen molar-refractivity contribution in [3.63, 3.8) is 0 Å². The number of nitrogens with one attached hydrogen (secondary N) is 3. The van der Waals surface area contributed by atoms with Gasteiger partial charge in [0.1, 0.15) is 10.7 Å². The van der Waals surface area contributed by atoms with Gasteiger partial charge >= 0.3 is 0 Å². The van der Waals surface area contributed by atoms with E-state index in [2.05, 4.69) is 35.9 Å². The van der Waals surface area contributed by atoms with E-state index in [0.717, 1.165) is 10.2 Å². The van der Waals surface area contributed by atoms with Crippen LogP contribution in [0.1, 0.15) is 18.5 Å². The molecule has 0 atom stereocenters. The summed E-state index contributed by atoms with van der Waals surface area (Å²) in [5.41, 5.74) is 0.853. The molecule has 8 heteroatoms. The van der Waals surface area contributed by atoms with E-state index in [4.69, 9.17) is 0 Å². The maximum Gasteiger partial charge on any atom is 0.264 e. The maximum absolute atomic E-state index is 12.2. The van der Waals surface area contributed by atoms with Crippen molar-refractivity contribution in [2.45, 2.75) is 30.3 Å². The van der Waals surface area contributed by atoms with Gasteiger partial charge in [-0.25, -0.2) is 13.4 Å². The lowest BCUT2D eigenvalue weighted by Crippen LogP contribution is -2.15. The first-order chi connectivity index (χ1) is 10.0. The van der Waals surface area contributed by atoms with Crippen LogP contribution in [0.5, 0.6) is 0 Å². The van der Waals surface area contributed by atoms with Gasteiger partial charge in [-0.1, -0.05) is 0 Å². The van der Waals surface area contributed by atoms with E-state index in [0.29, 0.717) is 12.6 Å². The van der Waals surface area contributed by atoms with Crippen LogP contribution < -0.4 is 10.0 Å². The van der Waals surface area contributed by atoms with Gasteiger partial charge in [0.15, 0.2) is 0 Å². The molecule has 6 nitrogen and oxygen atoms in total. The number of nitrogens with zero attached hydrogens (tertiary/aromatic N) is 1. The second-order valence-corrected chi connectivity index (χ2v) is 7.58. The summed E-state index contributed by atoms with van der Waals surface area (Å²) in [6.45, 7) is 0.650. The summed E-state index contributed by atoms with van der Waals surface area (Å²) in [6.07, 6.45) is 5.43. The Morgan fingerprint density at radius 1 is 1.38 bits per heavy atom. The molecule has 1 fully saturated rings. The molecule has 1 saturated carbocycles. The highest BCUT2D eigenvalue weighted by Gasteiger charge is 2.21. The second kappa shape index (κ2) is 5.78. The van der Waals surface area contributed by atoms with Gasteiger partial charge < -0.3 is 10.3 Å². The Labute approximate surface area is 131 Å². The minimum atomic E-state index is -3.62. The van der Waals surface area contributed by atoms with E-state index in [1.165, 1.54) is 19.0 Å². The third kappa shape index (κ3) is 3.84. The van der Waals surface area contributed by atoms with Crippen molar-refractivity contribution in [1.29, 1.82) is 0 Å². The third-order valence-electron chi connectivity index (χ3n) is 3.15. The molecule has 2 heterocycles. The predicted molar refractivity (Wildman–Crippen MR) is 83.4 cm³/mol. The van der Waals surface area contributed by atoms with Gasteiger partial charge in [-0.15, -0.1) is 0 Å². The van der Waals surface area contributed by atoms with Crippen molar-refractivity contribution in [3.8, 4) is 0 Å². The fourth-order valence-corrected chi connectivity index (χ4v) is 3.11. The Morgan fingerprint density at radius 2 is 2.19 bits per heavy atom. The molecule has 0 bridgehead atoms. The molecule has 112 valence electrons. The molecule has 21 heavy (non-hydrogen) atoms. The summed E-state index contributed by atoms with van der Waals surface area (Å²) in [4.78, 5) is 7.19. The van der Waals surface area contributed by atoms with Gasteiger partial charge in [0.25, 0.3) is 10.0 Å². The molecule has 0 saturated heterocycles. The van der Waals surface area contributed by atoms with Gasteiger partial charge in [0.2, 0.25) is 0 Å². The molecule has 0 amide bonds. The summed E-state index contributed by atoms with van der Waals surface area (Å²) < 4.78 is 27.7. The average molecular weight is 371 g/mol. The number of H-pyrrole nitrogens is 1. The van der Waals surface area contributed by atoms with Crippen LogP contribution in [-0.2, 0) is 16.6 Å². The van der Waals surface area contributed by atoms with Gasteiger partial charge in [0.05, 0.1) is 0 Å². The second-order valence-electron chi connectivity index (χ2n) is 4.98. The highest BCUT2D eigenvalue weighted by Crippen LogP contribution is 2.20. The zero-order chi connectivity index (χ0) is 14.9. The topological polar surface area (TPSA) is 86.9 Å². The molecule has 0 unspecified atom stereocenters. The van der Waals surface area contributed by atoms with Crippen molar-refractivity contribution >= 4 is 31.8 Å². The van der Waals surface area contributed by atoms with Gasteiger partial charge in [-0.05, 0) is 47.0 Å². The van der Waals surface area contributed by atoms with Crippen molar-refractivity contribution in [1.82, 2.24) is 15.3 Å². The van der Waals surface area contributed by atoms with Crippen molar-refractivity contribution < 1.29 is 8.42 Å². The number of halogens is 1. The highest BCUT2D eigenvalue weighted by atomic mass is 79.9. The van der Waals surface area contributed by atoms with E-state index < -0.39 is 10.0 Å². The van der Waals surface area contributed by atoms with E-state index in [9.17, 15) is 8.42 Å². The maximum atomic E-state index is 12.2. The first-order valence-corrected chi connectivity index (χ1v) is 8.85. The smallest absolute Gasteiger partial charge is 0.264 e. The number of hydrogen-bond acceptors (Lipinski definition) is 4. The fourth-order valence-electron chi connectivity index (χ4n) is 1.85. The molecule has 3 rings (SSSR count). The first kappa shape index (κ1) is 14.6. The fraction of sp³-hybridized carbons (Fsp3) is 0.308. The summed E-state index contributed by atoms with van der Waals surface area (Å²) in [5.74, 6) is 0.289. The normalized spacial score (nSPS) is 15.1. The highest BCUT2D eigenvalue weighted by molar-refractivity contribution is 9.10. The lowest BCUT2D eigenvalue weighted by Gasteiger charge is -2.05. The van der Waals surface area contributed by atoms with Crippen LogP contribution in [0, 0.1) is 0 Å². The third-order valence-corrected chi connectivity index (χ3v) is 4.95. The van der Waals surface area contributed by atoms with Gasteiger partial charge in [-0.3, -0.25) is 4.72 Å². The number of aromatic nitrogens is 2. The number of anilines is 1. The van der Waals surface area contributed by atoms with Crippen LogP contribution in [0.4, 0.5) is 5.82 Å². The average Bonchev–Trinajstić information content (AvgIpc) is 3.15. The largest absolute Gasteiger partial charge is 0.363 e. The van der Waals surface area contributed by atoms with E-state index in [1.54, 1.807) is 24.4 Å². The monoisotopic (exact) mass is 370 g/mol. The molecule has 1 aliphatic carbocycles. The van der Waals surface area contributed by atoms with Crippen LogP contribution in [0.15, 0.2) is 40.0 Å². The zero-order valence-corrected chi connectivity index (χ0v) is 13.5. The Kier molecular flexibility index (Phi) is 4.01. The number of hydrogen-bond donors (Lipinski definition) is 3. The van der Waals surface area contributed by atoms with Crippen LogP contribution in [0.2, 0.25) is 0 Å². The standard InChI is InChI=1S/C13H15BrN4O2S/c14-9-1-4-13(17-6-9)18-21(19,20)12-5-11(16-8-12)7-15-10-2-3-10/h1,4-6,8,10,15-16H,2-3,7H2,(H,17,18). The quantitative estimate of drug-likeness (QED) is 0.727. The zero-order valence-electron chi connectivity index (χ0n) is 11.1. The van der Waals surface area contributed by atoms with Crippen LogP contribution >= 0.6 is 15.9 Å². The molecular weight excluding hydrogens is 356 g/mol. The van der Waals surface area contributed by atoms with Crippen LogP contribution in [-0.4, -0.2) is 24.4 Å². The molecule has 0 spiro atoms. The molecule has 0 radical (unpaired) electrons. The van der Waals surface area contributed by atoms with E-state index in [1.807, 2.05) is 0 Å². The van der Waals surface area contributed by atoms with Crippen molar-refractivity contribution in [2.75, 3.05) is 4.72 Å². The molecule has 1 aliphatic rings. The minimum Gasteiger partial charge on any atom is -0.363 e. The first-order valence-electron chi connectivity index (χ1n) is 6.58. The van der Waals surface area contributed by atoms with E-state index >= 15 is 0 Å². The lowest BCUT2D eigenvalue weighted by molar-refractivity contribution is 0.601. The van der Waals surface area contributed by atoms with E-state index in [-0.39, 0.29) is 10.7 Å². The molecule has 0 aliphatic heterocycles. The molecular formula is C13H15BrN4O2S. The predicted octanol–water partition coefficient (Wildman–Crippen LogP) is 2.23. The Bertz CT molecular complexity index is 723. The number of sulfonamides is 1. The number of pyridine rings is 1. The van der Waals surface area contributed by atoms with Gasteiger partial charge in [-0.2, -0.15) is 0 Å².